The molecule has 2 amide bonds. The number of benzene rings is 1. The van der Waals surface area contributed by atoms with Crippen LogP contribution in [0.5, 0.6) is 0 Å². The molecule has 0 bridgehead atoms. The molecule has 2 heterocycles. The summed E-state index contributed by atoms with van der Waals surface area (Å²) in [5, 5.41) is 0. The van der Waals surface area contributed by atoms with Crippen molar-refractivity contribution in [3.05, 3.63) is 35.6 Å². The number of halogens is 1. The lowest BCUT2D eigenvalue weighted by atomic mass is 10.0. The van der Waals surface area contributed by atoms with Crippen LogP contribution in [-0.4, -0.2) is 61.0 Å². The van der Waals surface area contributed by atoms with Crippen molar-refractivity contribution in [3.8, 4) is 0 Å². The first kappa shape index (κ1) is 15.9. The summed E-state index contributed by atoms with van der Waals surface area (Å²) in [6, 6.07) is 5.74. The van der Waals surface area contributed by atoms with Gasteiger partial charge in [-0.3, -0.25) is 9.59 Å². The van der Waals surface area contributed by atoms with Gasteiger partial charge in [-0.05, 0) is 30.5 Å². The lowest BCUT2D eigenvalue weighted by Gasteiger charge is -2.27. The maximum absolute atomic E-state index is 13.2. The Morgan fingerprint density at radius 1 is 1.17 bits per heavy atom. The number of carbonyl (C=O) groups is 2. The Kier molecular flexibility index (Phi) is 4.91. The SMILES string of the molecule is O=C(CC1CCN(C(=O)c2cccc(F)c2)C1)N1CCOCC1. The van der Waals surface area contributed by atoms with Gasteiger partial charge in [-0.25, -0.2) is 4.39 Å². The van der Waals surface area contributed by atoms with Crippen LogP contribution in [0, 0.1) is 11.7 Å². The molecule has 5 nitrogen and oxygen atoms in total. The summed E-state index contributed by atoms with van der Waals surface area (Å²) < 4.78 is 18.5. The van der Waals surface area contributed by atoms with Crippen LogP contribution in [0.1, 0.15) is 23.2 Å². The van der Waals surface area contributed by atoms with E-state index in [0.29, 0.717) is 51.4 Å². The molecule has 1 unspecified atom stereocenters. The smallest absolute Gasteiger partial charge is 0.253 e. The minimum absolute atomic E-state index is 0.137. The first-order valence-corrected chi connectivity index (χ1v) is 8.04. The first-order valence-electron chi connectivity index (χ1n) is 8.04. The van der Waals surface area contributed by atoms with Crippen molar-refractivity contribution in [2.75, 3.05) is 39.4 Å². The summed E-state index contributed by atoms with van der Waals surface area (Å²) in [4.78, 5) is 28.2. The van der Waals surface area contributed by atoms with Gasteiger partial charge in [0.25, 0.3) is 5.91 Å². The normalized spacial score (nSPS) is 21.5. The second-order valence-electron chi connectivity index (χ2n) is 6.11. The monoisotopic (exact) mass is 320 g/mol. The quantitative estimate of drug-likeness (QED) is 0.849. The lowest BCUT2D eigenvalue weighted by molar-refractivity contribution is -0.136. The predicted molar refractivity (Wildman–Crippen MR) is 82.4 cm³/mol. The van der Waals surface area contributed by atoms with Crippen LogP contribution in [0.25, 0.3) is 0 Å². The lowest BCUT2D eigenvalue weighted by Crippen LogP contribution is -2.41. The van der Waals surface area contributed by atoms with E-state index in [9.17, 15) is 14.0 Å². The Morgan fingerprint density at radius 2 is 1.96 bits per heavy atom. The minimum atomic E-state index is -0.408. The van der Waals surface area contributed by atoms with Gasteiger partial charge in [0.05, 0.1) is 13.2 Å². The van der Waals surface area contributed by atoms with Crippen molar-refractivity contribution in [2.45, 2.75) is 12.8 Å². The van der Waals surface area contributed by atoms with E-state index in [4.69, 9.17) is 4.74 Å². The molecule has 1 atom stereocenters. The maximum Gasteiger partial charge on any atom is 0.253 e. The topological polar surface area (TPSA) is 49.9 Å². The number of carbonyl (C=O) groups excluding carboxylic acids is 2. The highest BCUT2D eigenvalue weighted by Gasteiger charge is 2.30. The van der Waals surface area contributed by atoms with E-state index < -0.39 is 5.82 Å². The molecule has 23 heavy (non-hydrogen) atoms. The number of morpholine rings is 1. The highest BCUT2D eigenvalue weighted by atomic mass is 19.1. The van der Waals surface area contributed by atoms with E-state index in [2.05, 4.69) is 0 Å². The fourth-order valence-corrected chi connectivity index (χ4v) is 3.18. The van der Waals surface area contributed by atoms with Gasteiger partial charge < -0.3 is 14.5 Å². The Labute approximate surface area is 135 Å². The van der Waals surface area contributed by atoms with Crippen LogP contribution < -0.4 is 0 Å². The van der Waals surface area contributed by atoms with Gasteiger partial charge in [0, 0.05) is 38.2 Å². The molecule has 6 heteroatoms. The third-order valence-corrected chi connectivity index (χ3v) is 4.47. The van der Waals surface area contributed by atoms with Gasteiger partial charge in [0.2, 0.25) is 5.91 Å². The Balaban J connectivity index is 1.53. The molecule has 0 radical (unpaired) electrons. The highest BCUT2D eigenvalue weighted by Crippen LogP contribution is 2.22. The number of likely N-dealkylation sites (tertiary alicyclic amines) is 1. The molecular formula is C17H21FN2O3. The number of nitrogens with zero attached hydrogens (tertiary/aromatic N) is 2. The van der Waals surface area contributed by atoms with E-state index in [1.807, 2.05) is 4.90 Å². The average molecular weight is 320 g/mol. The van der Waals surface area contributed by atoms with Gasteiger partial charge in [-0.1, -0.05) is 6.07 Å². The number of amides is 2. The van der Waals surface area contributed by atoms with E-state index in [0.717, 1.165) is 6.42 Å². The van der Waals surface area contributed by atoms with Crippen molar-refractivity contribution in [2.24, 2.45) is 5.92 Å². The van der Waals surface area contributed by atoms with Crippen molar-refractivity contribution in [1.29, 1.82) is 0 Å². The largest absolute Gasteiger partial charge is 0.378 e. The summed E-state index contributed by atoms with van der Waals surface area (Å²) in [6.07, 6.45) is 1.28. The molecule has 1 aromatic carbocycles. The second-order valence-corrected chi connectivity index (χ2v) is 6.11. The molecule has 3 rings (SSSR count). The summed E-state index contributed by atoms with van der Waals surface area (Å²) in [5.74, 6) is -0.249. The van der Waals surface area contributed by atoms with Gasteiger partial charge >= 0.3 is 0 Å². The summed E-state index contributed by atoms with van der Waals surface area (Å²) in [5.41, 5.74) is 0.366. The zero-order chi connectivity index (χ0) is 16.2. The molecule has 124 valence electrons. The first-order chi connectivity index (χ1) is 11.1. The fourth-order valence-electron chi connectivity index (χ4n) is 3.18. The number of ether oxygens (including phenoxy) is 1. The molecule has 0 aromatic heterocycles. The van der Waals surface area contributed by atoms with Gasteiger partial charge in [-0.2, -0.15) is 0 Å². The van der Waals surface area contributed by atoms with Crippen LogP contribution in [0.3, 0.4) is 0 Å². The predicted octanol–water partition coefficient (Wildman–Crippen LogP) is 1.54. The van der Waals surface area contributed by atoms with Crippen LogP contribution in [0.15, 0.2) is 24.3 Å². The molecular weight excluding hydrogens is 299 g/mol. The van der Waals surface area contributed by atoms with Crippen LogP contribution in [0.4, 0.5) is 4.39 Å². The number of hydrogen-bond acceptors (Lipinski definition) is 3. The molecule has 2 aliphatic heterocycles. The molecule has 0 N–H and O–H groups in total. The van der Waals surface area contributed by atoms with Crippen LogP contribution >= 0.6 is 0 Å². The zero-order valence-corrected chi connectivity index (χ0v) is 13.0. The molecule has 2 aliphatic rings. The van der Waals surface area contributed by atoms with Gasteiger partial charge in [0.1, 0.15) is 5.82 Å². The zero-order valence-electron chi connectivity index (χ0n) is 13.0. The standard InChI is InChI=1S/C17H21FN2O3/c18-15-3-1-2-14(11-15)17(22)20-5-4-13(12-20)10-16(21)19-6-8-23-9-7-19/h1-3,11,13H,4-10,12H2. The van der Waals surface area contributed by atoms with Crippen LogP contribution in [0.2, 0.25) is 0 Å². The number of hydrogen-bond donors (Lipinski definition) is 0. The second kappa shape index (κ2) is 7.08. The maximum atomic E-state index is 13.2. The minimum Gasteiger partial charge on any atom is -0.378 e. The Bertz CT molecular complexity index is 587. The van der Waals surface area contributed by atoms with E-state index >= 15 is 0 Å². The van der Waals surface area contributed by atoms with Gasteiger partial charge in [-0.15, -0.1) is 0 Å². The van der Waals surface area contributed by atoms with E-state index in [1.54, 1.807) is 11.0 Å². The highest BCUT2D eigenvalue weighted by molar-refractivity contribution is 5.94. The number of rotatable bonds is 3. The molecule has 2 fully saturated rings. The molecule has 0 spiro atoms. The Hall–Kier alpha value is -1.95. The third kappa shape index (κ3) is 3.88. The van der Waals surface area contributed by atoms with E-state index in [1.165, 1.54) is 18.2 Å². The van der Waals surface area contributed by atoms with E-state index in [-0.39, 0.29) is 17.7 Å². The summed E-state index contributed by atoms with van der Waals surface area (Å²) >= 11 is 0. The van der Waals surface area contributed by atoms with Gasteiger partial charge in [0.15, 0.2) is 0 Å². The van der Waals surface area contributed by atoms with Crippen LogP contribution in [-0.2, 0) is 9.53 Å². The molecule has 0 saturated carbocycles. The fraction of sp³-hybridized carbons (Fsp3) is 0.529. The molecule has 0 aliphatic carbocycles. The Morgan fingerprint density at radius 3 is 2.70 bits per heavy atom. The van der Waals surface area contributed by atoms with Crippen molar-refractivity contribution >= 4 is 11.8 Å². The van der Waals surface area contributed by atoms with Crippen molar-refractivity contribution < 1.29 is 18.7 Å². The molecule has 1 aromatic rings. The summed E-state index contributed by atoms with van der Waals surface area (Å²) in [6.45, 7) is 3.68. The average Bonchev–Trinajstić information content (AvgIpc) is 3.03. The van der Waals surface area contributed by atoms with Crippen molar-refractivity contribution in [1.82, 2.24) is 9.80 Å². The molecule has 2 saturated heterocycles. The third-order valence-electron chi connectivity index (χ3n) is 4.47. The van der Waals surface area contributed by atoms with Crippen molar-refractivity contribution in [3.63, 3.8) is 0 Å². The summed E-state index contributed by atoms with van der Waals surface area (Å²) in [7, 11) is 0.